The highest BCUT2D eigenvalue weighted by molar-refractivity contribution is 6.06. The number of hydrogen-bond donors (Lipinski definition) is 1. The fraction of sp³-hybridized carbons (Fsp3) is 0.167. The Hall–Kier alpha value is -3.09. The summed E-state index contributed by atoms with van der Waals surface area (Å²) in [5.74, 6) is -1.80. The quantitative estimate of drug-likeness (QED) is 0.779. The Balaban J connectivity index is 1.69. The summed E-state index contributed by atoms with van der Waals surface area (Å²) in [7, 11) is 0. The van der Waals surface area contributed by atoms with E-state index in [4.69, 9.17) is 0 Å². The maximum absolute atomic E-state index is 13.2. The van der Waals surface area contributed by atoms with Crippen molar-refractivity contribution in [1.82, 2.24) is 9.55 Å². The van der Waals surface area contributed by atoms with Gasteiger partial charge < -0.3 is 5.32 Å². The number of benzene rings is 2. The molecule has 0 unspecified atom stereocenters. The molecule has 3 aromatic rings. The number of nitrogens with one attached hydrogen (secondary N) is 1. The number of halogens is 2. The summed E-state index contributed by atoms with van der Waals surface area (Å²) in [6.45, 7) is 0.662. The number of carbonyl (C=O) groups excluding carboxylic acids is 1. The molecule has 1 aromatic heterocycles. The van der Waals surface area contributed by atoms with Crippen LogP contribution in [0.2, 0.25) is 0 Å². The van der Waals surface area contributed by atoms with Crippen LogP contribution < -0.4 is 10.9 Å². The molecule has 1 aliphatic rings. The van der Waals surface area contributed by atoms with Crippen molar-refractivity contribution in [2.75, 3.05) is 5.32 Å². The molecule has 126 valence electrons. The summed E-state index contributed by atoms with van der Waals surface area (Å²) >= 11 is 0. The molecule has 0 bridgehead atoms. The molecule has 0 saturated carbocycles. The summed E-state index contributed by atoms with van der Waals surface area (Å²) in [5.41, 5.74) is 0.777. The van der Waals surface area contributed by atoms with Crippen molar-refractivity contribution in [2.45, 2.75) is 19.4 Å². The third-order valence-corrected chi connectivity index (χ3v) is 4.26. The second-order valence-electron chi connectivity index (χ2n) is 5.90. The smallest absolute Gasteiger partial charge is 0.261 e. The molecule has 2 aromatic carbocycles. The van der Waals surface area contributed by atoms with E-state index in [-0.39, 0.29) is 16.8 Å². The Kier molecular flexibility index (Phi) is 3.56. The topological polar surface area (TPSA) is 64.0 Å². The Bertz CT molecular complexity index is 1080. The van der Waals surface area contributed by atoms with Crippen LogP contribution in [0.4, 0.5) is 14.5 Å². The van der Waals surface area contributed by atoms with Gasteiger partial charge in [0.15, 0.2) is 11.6 Å². The molecule has 25 heavy (non-hydrogen) atoms. The number of anilines is 1. The van der Waals surface area contributed by atoms with Gasteiger partial charge >= 0.3 is 0 Å². The first kappa shape index (κ1) is 15.4. The lowest BCUT2D eigenvalue weighted by Crippen LogP contribution is -2.21. The first-order valence-electron chi connectivity index (χ1n) is 7.83. The predicted octanol–water partition coefficient (Wildman–Crippen LogP) is 2.87. The maximum atomic E-state index is 13.2. The van der Waals surface area contributed by atoms with Gasteiger partial charge in [0.05, 0.1) is 10.9 Å². The number of nitrogens with zero attached hydrogens (tertiary/aromatic N) is 2. The summed E-state index contributed by atoms with van der Waals surface area (Å²) in [4.78, 5) is 29.2. The summed E-state index contributed by atoms with van der Waals surface area (Å²) in [6, 6.07) is 7.74. The molecule has 1 N–H and O–H groups in total. The number of aromatic nitrogens is 2. The van der Waals surface area contributed by atoms with Gasteiger partial charge in [-0.15, -0.1) is 0 Å². The van der Waals surface area contributed by atoms with E-state index >= 15 is 0 Å². The average molecular weight is 341 g/mol. The van der Waals surface area contributed by atoms with Crippen LogP contribution >= 0.6 is 0 Å². The van der Waals surface area contributed by atoms with E-state index in [1.165, 1.54) is 18.2 Å². The zero-order valence-electron chi connectivity index (χ0n) is 13.1. The van der Waals surface area contributed by atoms with Gasteiger partial charge in [0.2, 0.25) is 0 Å². The lowest BCUT2D eigenvalue weighted by molar-refractivity contribution is 0.102. The molecule has 0 spiro atoms. The van der Waals surface area contributed by atoms with Crippen LogP contribution in [0.25, 0.3) is 10.9 Å². The van der Waals surface area contributed by atoms with Crippen molar-refractivity contribution in [1.29, 1.82) is 0 Å². The molecule has 0 saturated heterocycles. The largest absolute Gasteiger partial charge is 0.322 e. The number of fused-ring (bicyclic) bond motifs is 2. The summed E-state index contributed by atoms with van der Waals surface area (Å²) < 4.78 is 27.8. The van der Waals surface area contributed by atoms with Gasteiger partial charge in [-0.2, -0.15) is 0 Å². The molecule has 0 radical (unpaired) electrons. The maximum Gasteiger partial charge on any atom is 0.261 e. The standard InChI is InChI=1S/C18H13F2N3O2/c19-13-6-4-11(9-14(13)20)21-17(24)10-3-5-12-15(8-10)22-16-2-1-7-23(16)18(12)25/h3-6,8-9H,1-2,7H2,(H,21,24). The van der Waals surface area contributed by atoms with Crippen molar-refractivity contribution < 1.29 is 13.6 Å². The Morgan fingerprint density at radius 3 is 2.76 bits per heavy atom. The normalized spacial score (nSPS) is 13.0. The van der Waals surface area contributed by atoms with Gasteiger partial charge in [0, 0.05) is 30.3 Å². The van der Waals surface area contributed by atoms with Gasteiger partial charge in [-0.3, -0.25) is 14.2 Å². The van der Waals surface area contributed by atoms with Crippen LogP contribution in [0.1, 0.15) is 22.6 Å². The molecule has 2 heterocycles. The van der Waals surface area contributed by atoms with Crippen molar-refractivity contribution in [2.24, 2.45) is 0 Å². The van der Waals surface area contributed by atoms with Gasteiger partial charge in [0.25, 0.3) is 11.5 Å². The highest BCUT2D eigenvalue weighted by Crippen LogP contribution is 2.18. The number of carbonyl (C=O) groups is 1. The van der Waals surface area contributed by atoms with E-state index in [2.05, 4.69) is 10.3 Å². The van der Waals surface area contributed by atoms with Gasteiger partial charge in [-0.05, 0) is 36.8 Å². The molecule has 7 heteroatoms. The van der Waals surface area contributed by atoms with Crippen LogP contribution in [-0.4, -0.2) is 15.5 Å². The lowest BCUT2D eigenvalue weighted by Gasteiger charge is -2.08. The van der Waals surface area contributed by atoms with Gasteiger partial charge in [0.1, 0.15) is 5.82 Å². The van der Waals surface area contributed by atoms with Gasteiger partial charge in [-0.1, -0.05) is 0 Å². The summed E-state index contributed by atoms with van der Waals surface area (Å²) in [5, 5.41) is 2.95. The monoisotopic (exact) mass is 341 g/mol. The second kappa shape index (κ2) is 5.77. The average Bonchev–Trinajstić information content (AvgIpc) is 3.06. The first-order valence-corrected chi connectivity index (χ1v) is 7.83. The third kappa shape index (κ3) is 2.67. The van der Waals surface area contributed by atoms with Crippen LogP contribution in [-0.2, 0) is 13.0 Å². The molecule has 0 fully saturated rings. The highest BCUT2D eigenvalue weighted by atomic mass is 19.2. The Morgan fingerprint density at radius 2 is 1.96 bits per heavy atom. The molecule has 1 amide bonds. The van der Waals surface area contributed by atoms with Crippen molar-refractivity contribution >= 4 is 22.5 Å². The molecule has 0 atom stereocenters. The van der Waals surface area contributed by atoms with Crippen LogP contribution in [0, 0.1) is 11.6 Å². The van der Waals surface area contributed by atoms with Crippen LogP contribution in [0.15, 0.2) is 41.2 Å². The Labute approximate surface area is 140 Å². The van der Waals surface area contributed by atoms with E-state index in [0.717, 1.165) is 30.8 Å². The minimum Gasteiger partial charge on any atom is -0.322 e. The summed E-state index contributed by atoms with van der Waals surface area (Å²) in [6.07, 6.45) is 1.61. The minimum absolute atomic E-state index is 0.106. The molecule has 1 aliphatic heterocycles. The zero-order chi connectivity index (χ0) is 17.6. The van der Waals surface area contributed by atoms with E-state index in [1.54, 1.807) is 10.6 Å². The Morgan fingerprint density at radius 1 is 1.12 bits per heavy atom. The fourth-order valence-corrected chi connectivity index (χ4v) is 3.00. The predicted molar refractivity (Wildman–Crippen MR) is 88.6 cm³/mol. The molecular formula is C18H13F2N3O2. The second-order valence-corrected chi connectivity index (χ2v) is 5.90. The highest BCUT2D eigenvalue weighted by Gasteiger charge is 2.17. The van der Waals surface area contributed by atoms with E-state index in [0.29, 0.717) is 17.4 Å². The zero-order valence-corrected chi connectivity index (χ0v) is 13.1. The fourth-order valence-electron chi connectivity index (χ4n) is 3.00. The first-order chi connectivity index (χ1) is 12.0. The van der Waals surface area contributed by atoms with Crippen molar-refractivity contribution in [3.8, 4) is 0 Å². The van der Waals surface area contributed by atoms with Crippen LogP contribution in [0.5, 0.6) is 0 Å². The molecule has 0 aliphatic carbocycles. The number of rotatable bonds is 2. The number of aryl methyl sites for hydroxylation is 1. The molecular weight excluding hydrogens is 328 g/mol. The van der Waals surface area contributed by atoms with Crippen molar-refractivity contribution in [3.05, 3.63) is 69.8 Å². The van der Waals surface area contributed by atoms with Crippen molar-refractivity contribution in [3.63, 3.8) is 0 Å². The third-order valence-electron chi connectivity index (χ3n) is 4.26. The molecule has 4 rings (SSSR count). The number of hydrogen-bond acceptors (Lipinski definition) is 3. The van der Waals surface area contributed by atoms with E-state index in [9.17, 15) is 18.4 Å². The molecule has 5 nitrogen and oxygen atoms in total. The van der Waals surface area contributed by atoms with E-state index < -0.39 is 17.5 Å². The van der Waals surface area contributed by atoms with Crippen LogP contribution in [0.3, 0.4) is 0 Å². The van der Waals surface area contributed by atoms with E-state index in [1.807, 2.05) is 0 Å². The van der Waals surface area contributed by atoms with Gasteiger partial charge in [-0.25, -0.2) is 13.8 Å². The minimum atomic E-state index is -1.04. The lowest BCUT2D eigenvalue weighted by atomic mass is 10.1. The number of amides is 1. The SMILES string of the molecule is O=C(Nc1ccc(F)c(F)c1)c1ccc2c(=O)n3c(nc2c1)CCC3.